The number of nitrogens with zero attached hydrogens (tertiary/aromatic N) is 4. The van der Waals surface area contributed by atoms with Gasteiger partial charge in [-0.15, -0.1) is 0 Å². The second-order valence-corrected chi connectivity index (χ2v) is 18.7. The van der Waals surface area contributed by atoms with Crippen molar-refractivity contribution >= 4 is 18.7 Å². The zero-order valence-corrected chi connectivity index (χ0v) is 29.4. The number of aliphatic hydroxyl groups excluding tert-OH is 1. The normalized spacial score (nSPS) is 31.9. The molecule has 2 aliphatic heterocycles. The van der Waals surface area contributed by atoms with Gasteiger partial charge in [0.1, 0.15) is 30.6 Å². The van der Waals surface area contributed by atoms with Crippen molar-refractivity contribution in [3.8, 4) is 6.07 Å². The number of fused-ring (bicyclic) bond motifs is 2. The average molecular weight is 667 g/mol. The van der Waals surface area contributed by atoms with Crippen LogP contribution in [0.5, 0.6) is 0 Å². The summed E-state index contributed by atoms with van der Waals surface area (Å²) in [5, 5.41) is 27.9. The Balaban J connectivity index is 1.77. The molecule has 47 heavy (non-hydrogen) atoms. The Labute approximate surface area is 277 Å². The van der Waals surface area contributed by atoms with Crippen molar-refractivity contribution < 1.29 is 38.0 Å². The van der Waals surface area contributed by atoms with Gasteiger partial charge in [-0.3, -0.25) is 0 Å². The summed E-state index contributed by atoms with van der Waals surface area (Å²) in [6.45, 7) is 13.2. The Bertz CT molecular complexity index is 1450. The number of hydrogen-bond acceptors (Lipinski definition) is 10. The highest BCUT2D eigenvalue weighted by molar-refractivity contribution is 6.99. The summed E-state index contributed by atoms with van der Waals surface area (Å²) in [6.07, 6.45) is -4.97. The second-order valence-electron chi connectivity index (χ2n) is 14.4. The Morgan fingerprint density at radius 3 is 2.06 bits per heavy atom. The molecule has 13 heteroatoms. The van der Waals surface area contributed by atoms with Crippen LogP contribution < -0.4 is 10.4 Å². The summed E-state index contributed by atoms with van der Waals surface area (Å²) < 4.78 is 45.2. The van der Waals surface area contributed by atoms with Gasteiger partial charge in [0.05, 0.1) is 12.7 Å². The van der Waals surface area contributed by atoms with Gasteiger partial charge in [0.15, 0.2) is 23.3 Å². The van der Waals surface area contributed by atoms with Crippen LogP contribution >= 0.6 is 0 Å². The molecule has 0 bridgehead atoms. The van der Waals surface area contributed by atoms with Crippen LogP contribution in [0, 0.1) is 17.2 Å². The Hall–Kier alpha value is -2.86. The standard InChI is InChI=1S/C34H46N4O8Si/c1-30(2,3)47(23-15-11-9-12-16-23,24-17-13-10-14-18-24)43-20-25-27(41-22-40-8)33(21-42-31(4,5)46-33)28-29(45-32(6,7)44-28)34(25,37-38-36)26(39)19-35/h9-18,25-29,39H,20-22H2,1-8H3/t25-,26+,27+,28-,29+,33-,34-/m0/s1. The zero-order valence-electron chi connectivity index (χ0n) is 28.4. The van der Waals surface area contributed by atoms with Gasteiger partial charge in [-0.2, -0.15) is 5.26 Å². The van der Waals surface area contributed by atoms with Crippen molar-refractivity contribution in [2.45, 2.75) is 101 Å². The molecule has 2 aromatic carbocycles. The molecule has 0 amide bonds. The summed E-state index contributed by atoms with van der Waals surface area (Å²) in [5.41, 5.74) is 6.83. The predicted molar refractivity (Wildman–Crippen MR) is 175 cm³/mol. The van der Waals surface area contributed by atoms with Gasteiger partial charge >= 0.3 is 0 Å². The van der Waals surface area contributed by atoms with E-state index in [0.717, 1.165) is 10.4 Å². The first-order valence-electron chi connectivity index (χ1n) is 15.8. The van der Waals surface area contributed by atoms with Crippen molar-refractivity contribution in [3.63, 3.8) is 0 Å². The molecule has 1 N–H and O–H groups in total. The SMILES string of the molecule is COCO[C@@H]1[C@H](CO[Si](c2ccccc2)(c2ccccc2)C(C)(C)C)[C@](N=[N+]=[N-])([C@H](O)C#N)[C@@H]2OC(C)(C)O[C@@H]2[C@]12COC(C)(C)O2. The maximum Gasteiger partial charge on any atom is 0.261 e. The summed E-state index contributed by atoms with van der Waals surface area (Å²) >= 11 is 0. The monoisotopic (exact) mass is 666 g/mol. The van der Waals surface area contributed by atoms with E-state index in [2.05, 4.69) is 55.1 Å². The van der Waals surface area contributed by atoms with E-state index in [4.69, 9.17) is 32.8 Å². The van der Waals surface area contributed by atoms with Crippen molar-refractivity contribution in [2.75, 3.05) is 27.1 Å². The van der Waals surface area contributed by atoms with Crippen LogP contribution in [-0.2, 0) is 32.8 Å². The minimum atomic E-state index is -3.20. The van der Waals surface area contributed by atoms with Crippen LogP contribution in [0.3, 0.4) is 0 Å². The van der Waals surface area contributed by atoms with E-state index in [9.17, 15) is 15.9 Å². The number of hydrogen-bond donors (Lipinski definition) is 1. The lowest BCUT2D eigenvalue weighted by atomic mass is 9.60. The van der Waals surface area contributed by atoms with Crippen LogP contribution in [0.2, 0.25) is 5.04 Å². The van der Waals surface area contributed by atoms with Gasteiger partial charge in [-0.25, -0.2) is 0 Å². The minimum Gasteiger partial charge on any atom is -0.407 e. The molecule has 1 saturated carbocycles. The van der Waals surface area contributed by atoms with Gasteiger partial charge in [0, 0.05) is 24.5 Å². The number of aliphatic hydroxyl groups is 1. The summed E-state index contributed by atoms with van der Waals surface area (Å²) in [6, 6.07) is 22.1. The molecule has 2 saturated heterocycles. The molecule has 3 fully saturated rings. The van der Waals surface area contributed by atoms with Crippen molar-refractivity contribution in [1.82, 2.24) is 0 Å². The first-order chi connectivity index (χ1) is 22.1. The smallest absolute Gasteiger partial charge is 0.261 e. The minimum absolute atomic E-state index is 0.0275. The van der Waals surface area contributed by atoms with E-state index < -0.39 is 66.4 Å². The summed E-state index contributed by atoms with van der Waals surface area (Å²) in [5.74, 6) is -3.27. The number of ether oxygens (including phenoxy) is 6. The Kier molecular flexibility index (Phi) is 9.71. The zero-order chi connectivity index (χ0) is 34.3. The highest BCUT2D eigenvalue weighted by Gasteiger charge is 2.76. The third-order valence-corrected chi connectivity index (χ3v) is 14.6. The number of nitriles is 1. The van der Waals surface area contributed by atoms with E-state index in [1.807, 2.05) is 42.5 Å². The van der Waals surface area contributed by atoms with Crippen LogP contribution in [0.1, 0.15) is 48.5 Å². The number of azide groups is 1. The molecule has 3 aliphatic rings. The molecule has 0 radical (unpaired) electrons. The van der Waals surface area contributed by atoms with Crippen LogP contribution in [0.25, 0.3) is 10.4 Å². The van der Waals surface area contributed by atoms with E-state index >= 15 is 0 Å². The fourth-order valence-corrected chi connectivity index (χ4v) is 12.4. The van der Waals surface area contributed by atoms with Crippen LogP contribution in [0.15, 0.2) is 65.8 Å². The first-order valence-corrected chi connectivity index (χ1v) is 17.7. The molecule has 7 atom stereocenters. The Morgan fingerprint density at radius 2 is 1.60 bits per heavy atom. The lowest BCUT2D eigenvalue weighted by Gasteiger charge is -2.57. The molecule has 2 aromatic rings. The summed E-state index contributed by atoms with van der Waals surface area (Å²) in [7, 11) is -1.70. The maximum absolute atomic E-state index is 11.7. The average Bonchev–Trinajstić information content (AvgIpc) is 3.54. The topological polar surface area (TPSA) is 157 Å². The van der Waals surface area contributed by atoms with E-state index in [1.54, 1.807) is 27.7 Å². The highest BCUT2D eigenvalue weighted by atomic mass is 28.4. The van der Waals surface area contributed by atoms with Gasteiger partial charge in [0.25, 0.3) is 8.32 Å². The largest absolute Gasteiger partial charge is 0.407 e. The van der Waals surface area contributed by atoms with Gasteiger partial charge in [0.2, 0.25) is 0 Å². The summed E-state index contributed by atoms with van der Waals surface area (Å²) in [4.78, 5) is 3.20. The number of methoxy groups -OCH3 is 1. The molecular formula is C34H46N4O8Si. The quantitative estimate of drug-likeness (QED) is 0.0982. The third kappa shape index (κ3) is 5.91. The molecule has 0 aromatic heterocycles. The third-order valence-electron chi connectivity index (χ3n) is 9.60. The number of rotatable bonds is 10. The van der Waals surface area contributed by atoms with Gasteiger partial charge in [-0.05, 0) is 48.6 Å². The lowest BCUT2D eigenvalue weighted by molar-refractivity contribution is -0.282. The highest BCUT2D eigenvalue weighted by Crippen LogP contribution is 2.57. The molecule has 254 valence electrons. The molecular weight excluding hydrogens is 620 g/mol. The molecule has 5 rings (SSSR count). The van der Waals surface area contributed by atoms with Gasteiger partial charge in [-0.1, -0.05) is 86.5 Å². The van der Waals surface area contributed by atoms with Crippen molar-refractivity contribution in [1.29, 1.82) is 5.26 Å². The van der Waals surface area contributed by atoms with E-state index in [-0.39, 0.29) is 20.0 Å². The van der Waals surface area contributed by atoms with Gasteiger partial charge < -0.3 is 38.0 Å². The Morgan fingerprint density at radius 1 is 1.02 bits per heavy atom. The number of benzene rings is 2. The van der Waals surface area contributed by atoms with Crippen molar-refractivity contribution in [2.24, 2.45) is 11.0 Å². The molecule has 1 aliphatic carbocycles. The fraction of sp³-hybridized carbons (Fsp3) is 0.618. The molecule has 12 nitrogen and oxygen atoms in total. The van der Waals surface area contributed by atoms with E-state index in [1.165, 1.54) is 7.11 Å². The first kappa shape index (κ1) is 35.4. The molecule has 1 spiro atoms. The lowest BCUT2D eigenvalue weighted by Crippen LogP contribution is -2.77. The second kappa shape index (κ2) is 12.9. The fourth-order valence-electron chi connectivity index (χ4n) is 7.82. The van der Waals surface area contributed by atoms with Crippen LogP contribution in [-0.4, -0.2) is 87.7 Å². The van der Waals surface area contributed by atoms with E-state index in [0.29, 0.717) is 0 Å². The maximum atomic E-state index is 11.7. The molecule has 2 heterocycles. The predicted octanol–water partition coefficient (Wildman–Crippen LogP) is 4.16. The molecule has 0 unspecified atom stereocenters. The van der Waals surface area contributed by atoms with Crippen molar-refractivity contribution in [3.05, 3.63) is 71.1 Å². The van der Waals surface area contributed by atoms with Crippen LogP contribution in [0.4, 0.5) is 0 Å².